The Kier molecular flexibility index (Phi) is 28.5. The average Bonchev–Trinajstić information content (AvgIpc) is 3.10. The SMILES string of the molecule is CCCCC/C=C/CC/C=C/CC/C=C/C(O)C(COC1OC(CO)C(O)C(O)C1O)NC(=O)CCCCC/C=C\CCCCCCCC. The highest BCUT2D eigenvalue weighted by atomic mass is 16.7. The maximum atomic E-state index is 12.8. The number of amides is 1. The van der Waals surface area contributed by atoms with Crippen LogP contribution in [0.4, 0.5) is 0 Å². The highest BCUT2D eigenvalue weighted by Gasteiger charge is 2.44. The zero-order valence-corrected chi connectivity index (χ0v) is 30.7. The van der Waals surface area contributed by atoms with Crippen molar-refractivity contribution in [3.63, 3.8) is 0 Å². The largest absolute Gasteiger partial charge is 0.394 e. The highest BCUT2D eigenvalue weighted by Crippen LogP contribution is 2.22. The molecule has 0 aromatic heterocycles. The molecule has 0 radical (unpaired) electrons. The summed E-state index contributed by atoms with van der Waals surface area (Å²) in [5, 5.41) is 53.8. The molecule has 0 aliphatic carbocycles. The Morgan fingerprint density at radius 1 is 0.673 bits per heavy atom. The summed E-state index contributed by atoms with van der Waals surface area (Å²) in [6.07, 6.45) is 30.1. The molecule has 7 atom stereocenters. The normalized spacial score (nSPS) is 23.0. The molecule has 0 aromatic rings. The van der Waals surface area contributed by atoms with E-state index < -0.39 is 49.5 Å². The van der Waals surface area contributed by atoms with Crippen LogP contribution in [0.15, 0.2) is 48.6 Å². The van der Waals surface area contributed by atoms with E-state index in [1.807, 2.05) is 6.08 Å². The van der Waals surface area contributed by atoms with Gasteiger partial charge in [0, 0.05) is 6.42 Å². The quantitative estimate of drug-likeness (QED) is 0.0359. The summed E-state index contributed by atoms with van der Waals surface area (Å²) in [5.41, 5.74) is 0. The summed E-state index contributed by atoms with van der Waals surface area (Å²) in [6.45, 7) is 3.66. The van der Waals surface area contributed by atoms with E-state index >= 15 is 0 Å². The molecule has 6 N–H and O–H groups in total. The average molecular weight is 694 g/mol. The lowest BCUT2D eigenvalue weighted by molar-refractivity contribution is -0.302. The summed E-state index contributed by atoms with van der Waals surface area (Å²) in [4.78, 5) is 12.8. The molecule has 1 aliphatic heterocycles. The van der Waals surface area contributed by atoms with Gasteiger partial charge in [-0.1, -0.05) is 114 Å². The van der Waals surface area contributed by atoms with Gasteiger partial charge in [-0.25, -0.2) is 0 Å². The molecule has 1 rings (SSSR count). The first-order valence-electron chi connectivity index (χ1n) is 19.4. The van der Waals surface area contributed by atoms with E-state index in [2.05, 4.69) is 55.6 Å². The van der Waals surface area contributed by atoms with Crippen molar-refractivity contribution in [2.75, 3.05) is 13.2 Å². The molecule has 1 amide bonds. The Morgan fingerprint density at radius 2 is 1.16 bits per heavy atom. The van der Waals surface area contributed by atoms with Crippen LogP contribution in [-0.4, -0.2) is 87.5 Å². The van der Waals surface area contributed by atoms with E-state index in [9.17, 15) is 30.3 Å². The van der Waals surface area contributed by atoms with Gasteiger partial charge in [0.25, 0.3) is 0 Å². The Morgan fingerprint density at radius 3 is 1.76 bits per heavy atom. The van der Waals surface area contributed by atoms with Crippen molar-refractivity contribution >= 4 is 5.91 Å². The fourth-order valence-electron chi connectivity index (χ4n) is 5.65. The van der Waals surface area contributed by atoms with Crippen LogP contribution in [0.5, 0.6) is 0 Å². The summed E-state index contributed by atoms with van der Waals surface area (Å²) in [7, 11) is 0. The summed E-state index contributed by atoms with van der Waals surface area (Å²) in [5.74, 6) is -0.212. The molecule has 49 heavy (non-hydrogen) atoms. The van der Waals surface area contributed by atoms with Crippen LogP contribution in [0, 0.1) is 0 Å². The second-order valence-electron chi connectivity index (χ2n) is 13.3. The molecule has 1 heterocycles. The Hall–Kier alpha value is -1.85. The predicted octanol–water partition coefficient (Wildman–Crippen LogP) is 6.72. The van der Waals surface area contributed by atoms with Crippen LogP contribution in [0.2, 0.25) is 0 Å². The molecular weight excluding hydrogens is 622 g/mol. The smallest absolute Gasteiger partial charge is 0.220 e. The molecule has 1 saturated heterocycles. The number of hydrogen-bond donors (Lipinski definition) is 6. The minimum absolute atomic E-state index is 0.212. The first-order valence-corrected chi connectivity index (χ1v) is 19.4. The van der Waals surface area contributed by atoms with Crippen molar-refractivity contribution in [3.05, 3.63) is 48.6 Å². The van der Waals surface area contributed by atoms with Gasteiger partial charge in [0.15, 0.2) is 6.29 Å². The molecule has 284 valence electrons. The van der Waals surface area contributed by atoms with Gasteiger partial charge in [0.05, 0.1) is 25.4 Å². The maximum Gasteiger partial charge on any atom is 0.220 e. The third kappa shape index (κ3) is 22.6. The molecule has 1 fully saturated rings. The van der Waals surface area contributed by atoms with E-state index in [0.29, 0.717) is 6.42 Å². The summed E-state index contributed by atoms with van der Waals surface area (Å²) in [6, 6.07) is -0.833. The van der Waals surface area contributed by atoms with Crippen molar-refractivity contribution in [1.29, 1.82) is 0 Å². The van der Waals surface area contributed by atoms with Crippen LogP contribution in [0.3, 0.4) is 0 Å². The maximum absolute atomic E-state index is 12.8. The lowest BCUT2D eigenvalue weighted by Crippen LogP contribution is -2.60. The number of aliphatic hydroxyl groups excluding tert-OH is 5. The topological polar surface area (TPSA) is 149 Å². The number of rotatable bonds is 30. The van der Waals surface area contributed by atoms with Crippen molar-refractivity contribution in [3.8, 4) is 0 Å². The molecule has 9 heteroatoms. The molecule has 0 saturated carbocycles. The fourth-order valence-corrected chi connectivity index (χ4v) is 5.65. The second kappa shape index (κ2) is 30.9. The van der Waals surface area contributed by atoms with Crippen molar-refractivity contribution in [2.24, 2.45) is 0 Å². The van der Waals surface area contributed by atoms with E-state index in [-0.39, 0.29) is 12.5 Å². The number of unbranched alkanes of at least 4 members (excludes halogenated alkanes) is 14. The standard InChI is InChI=1S/C40H71NO8/c1-3-5-7-9-11-13-15-17-19-21-23-25-27-29-34(43)33(32-48-40-39(47)38(46)37(45)35(31-42)49-40)41-36(44)30-28-26-24-22-20-18-16-14-12-10-8-6-4-2/h11,13,18-21,27,29,33-35,37-40,42-43,45-47H,3-10,12,14-17,22-26,28,30-32H2,1-2H3,(H,41,44)/b13-11+,20-18-,21-19+,29-27+. The molecule has 0 bridgehead atoms. The lowest BCUT2D eigenvalue weighted by atomic mass is 9.99. The number of aliphatic hydroxyl groups is 5. The van der Waals surface area contributed by atoms with Crippen LogP contribution in [-0.2, 0) is 14.3 Å². The Bertz CT molecular complexity index is 905. The van der Waals surface area contributed by atoms with Crippen molar-refractivity contribution < 1.29 is 39.8 Å². The molecule has 7 unspecified atom stereocenters. The Labute approximate surface area is 297 Å². The third-order valence-corrected chi connectivity index (χ3v) is 8.85. The summed E-state index contributed by atoms with van der Waals surface area (Å²) >= 11 is 0. The first-order chi connectivity index (χ1) is 23.8. The minimum atomic E-state index is -1.57. The number of carbonyl (C=O) groups excluding carboxylic acids is 1. The molecule has 9 nitrogen and oxygen atoms in total. The van der Waals surface area contributed by atoms with Crippen molar-refractivity contribution in [2.45, 2.75) is 185 Å². The van der Waals surface area contributed by atoms with E-state index in [1.165, 1.54) is 57.8 Å². The first kappa shape index (κ1) is 45.2. The van der Waals surface area contributed by atoms with Crippen molar-refractivity contribution in [1.82, 2.24) is 5.32 Å². The highest BCUT2D eigenvalue weighted by molar-refractivity contribution is 5.76. The molecular formula is C40H71NO8. The van der Waals surface area contributed by atoms with Crippen LogP contribution < -0.4 is 5.32 Å². The van der Waals surface area contributed by atoms with Gasteiger partial charge in [0.1, 0.15) is 24.4 Å². The zero-order chi connectivity index (χ0) is 36.0. The van der Waals surface area contributed by atoms with Crippen LogP contribution >= 0.6 is 0 Å². The molecule has 0 spiro atoms. The third-order valence-electron chi connectivity index (χ3n) is 8.85. The number of hydrogen-bond acceptors (Lipinski definition) is 8. The van der Waals surface area contributed by atoms with Crippen LogP contribution in [0.1, 0.15) is 142 Å². The molecule has 0 aromatic carbocycles. The minimum Gasteiger partial charge on any atom is -0.394 e. The molecule has 1 aliphatic rings. The van der Waals surface area contributed by atoms with E-state index in [1.54, 1.807) is 6.08 Å². The summed E-state index contributed by atoms with van der Waals surface area (Å²) < 4.78 is 11.1. The van der Waals surface area contributed by atoms with Gasteiger partial charge < -0.3 is 40.3 Å². The number of carbonyl (C=O) groups is 1. The van der Waals surface area contributed by atoms with Gasteiger partial charge in [-0.15, -0.1) is 0 Å². The van der Waals surface area contributed by atoms with E-state index in [0.717, 1.165) is 64.2 Å². The monoisotopic (exact) mass is 694 g/mol. The number of ether oxygens (including phenoxy) is 2. The van der Waals surface area contributed by atoms with Crippen LogP contribution in [0.25, 0.3) is 0 Å². The van der Waals surface area contributed by atoms with Gasteiger partial charge in [-0.2, -0.15) is 0 Å². The fraction of sp³-hybridized carbons (Fsp3) is 0.775. The predicted molar refractivity (Wildman–Crippen MR) is 198 cm³/mol. The second-order valence-corrected chi connectivity index (χ2v) is 13.3. The van der Waals surface area contributed by atoms with Gasteiger partial charge in [-0.05, 0) is 70.6 Å². The van der Waals surface area contributed by atoms with Gasteiger partial charge >= 0.3 is 0 Å². The van der Waals surface area contributed by atoms with Gasteiger partial charge in [-0.3, -0.25) is 4.79 Å². The lowest BCUT2D eigenvalue weighted by Gasteiger charge is -2.40. The van der Waals surface area contributed by atoms with Gasteiger partial charge in [0.2, 0.25) is 5.91 Å². The number of allylic oxidation sites excluding steroid dienone is 7. The number of nitrogens with one attached hydrogen (secondary N) is 1. The van der Waals surface area contributed by atoms with E-state index in [4.69, 9.17) is 9.47 Å². The Balaban J connectivity index is 2.52. The zero-order valence-electron chi connectivity index (χ0n) is 30.7.